The van der Waals surface area contributed by atoms with Gasteiger partial charge in [-0.25, -0.2) is 14.8 Å². The van der Waals surface area contributed by atoms with Crippen molar-refractivity contribution in [3.63, 3.8) is 0 Å². The first-order chi connectivity index (χ1) is 11.1. The summed E-state index contributed by atoms with van der Waals surface area (Å²) >= 11 is 1.35. The van der Waals surface area contributed by atoms with E-state index >= 15 is 0 Å². The lowest BCUT2D eigenvalue weighted by Crippen LogP contribution is -2.06. The lowest BCUT2D eigenvalue weighted by Gasteiger charge is -2.08. The van der Waals surface area contributed by atoms with Crippen LogP contribution in [0.3, 0.4) is 0 Å². The van der Waals surface area contributed by atoms with Crippen LogP contribution in [0.2, 0.25) is 0 Å². The Balaban J connectivity index is 1.76. The van der Waals surface area contributed by atoms with Crippen LogP contribution in [0.5, 0.6) is 5.75 Å². The predicted molar refractivity (Wildman–Crippen MR) is 90.5 cm³/mol. The first kappa shape index (κ1) is 15.2. The second-order valence-electron chi connectivity index (χ2n) is 4.99. The molecule has 0 radical (unpaired) electrons. The van der Waals surface area contributed by atoms with E-state index in [9.17, 15) is 4.79 Å². The molecule has 2 aromatic heterocycles. The quantitative estimate of drug-likeness (QED) is 0.577. The number of anilines is 2. The van der Waals surface area contributed by atoms with Crippen molar-refractivity contribution in [1.29, 1.82) is 0 Å². The Morgan fingerprint density at radius 3 is 2.57 bits per heavy atom. The molecule has 6 heteroatoms. The van der Waals surface area contributed by atoms with Crippen LogP contribution in [0.25, 0.3) is 0 Å². The number of nitrogens with zero attached hydrogens (tertiary/aromatic N) is 2. The molecule has 3 rings (SSSR count). The maximum absolute atomic E-state index is 12.0. The van der Waals surface area contributed by atoms with Crippen LogP contribution in [0, 0.1) is 13.8 Å². The molecule has 2 heterocycles. The zero-order chi connectivity index (χ0) is 16.2. The Labute approximate surface area is 138 Å². The Morgan fingerprint density at radius 1 is 1.09 bits per heavy atom. The Hall–Kier alpha value is -2.73. The molecule has 3 aromatic rings. The average molecular weight is 325 g/mol. The summed E-state index contributed by atoms with van der Waals surface area (Å²) in [6.45, 7) is 3.83. The summed E-state index contributed by atoms with van der Waals surface area (Å²) in [6, 6.07) is 12.6. The van der Waals surface area contributed by atoms with E-state index in [1.165, 1.54) is 11.3 Å². The molecule has 0 spiro atoms. The number of aromatic nitrogens is 2. The lowest BCUT2D eigenvalue weighted by atomic mass is 10.3. The van der Waals surface area contributed by atoms with E-state index in [1.807, 2.05) is 43.5 Å². The van der Waals surface area contributed by atoms with Gasteiger partial charge in [-0.15, -0.1) is 11.3 Å². The molecule has 0 fully saturated rings. The molecule has 1 N–H and O–H groups in total. The fourth-order valence-electron chi connectivity index (χ4n) is 2.10. The standard InChI is InChI=1S/C17H15N3O2S/c1-11-9-12(2)19-17(18-11)20-13-5-3-6-14(10-13)22-16(21)15-7-4-8-23-15/h3-10H,1-2H3,(H,18,19,20). The van der Waals surface area contributed by atoms with Gasteiger partial charge in [0.15, 0.2) is 0 Å². The number of nitrogens with one attached hydrogen (secondary N) is 1. The van der Waals surface area contributed by atoms with Gasteiger partial charge in [-0.2, -0.15) is 0 Å². The van der Waals surface area contributed by atoms with Crippen LogP contribution in [-0.2, 0) is 0 Å². The molecule has 5 nitrogen and oxygen atoms in total. The van der Waals surface area contributed by atoms with E-state index < -0.39 is 0 Å². The normalized spacial score (nSPS) is 10.3. The number of ether oxygens (including phenoxy) is 1. The number of benzene rings is 1. The van der Waals surface area contributed by atoms with Crippen molar-refractivity contribution in [2.24, 2.45) is 0 Å². The summed E-state index contributed by atoms with van der Waals surface area (Å²) in [7, 11) is 0. The van der Waals surface area contributed by atoms with Gasteiger partial charge in [0.05, 0.1) is 0 Å². The van der Waals surface area contributed by atoms with Crippen molar-refractivity contribution in [2.45, 2.75) is 13.8 Å². The summed E-state index contributed by atoms with van der Waals surface area (Å²) in [5.41, 5.74) is 2.53. The molecule has 0 saturated heterocycles. The van der Waals surface area contributed by atoms with Gasteiger partial charge in [0.1, 0.15) is 10.6 Å². The number of rotatable bonds is 4. The topological polar surface area (TPSA) is 64.1 Å². The van der Waals surface area contributed by atoms with Crippen LogP contribution < -0.4 is 10.1 Å². The van der Waals surface area contributed by atoms with E-state index in [2.05, 4.69) is 15.3 Å². The SMILES string of the molecule is Cc1cc(C)nc(Nc2cccc(OC(=O)c3cccs3)c2)n1. The lowest BCUT2D eigenvalue weighted by molar-refractivity contribution is 0.0740. The largest absolute Gasteiger partial charge is 0.422 e. The van der Waals surface area contributed by atoms with Gasteiger partial charge >= 0.3 is 5.97 Å². The highest BCUT2D eigenvalue weighted by molar-refractivity contribution is 7.12. The van der Waals surface area contributed by atoms with Crippen LogP contribution in [0.4, 0.5) is 11.6 Å². The smallest absolute Gasteiger partial charge is 0.353 e. The minimum absolute atomic E-state index is 0.361. The summed E-state index contributed by atoms with van der Waals surface area (Å²) in [5, 5.41) is 4.96. The molecule has 0 bridgehead atoms. The Kier molecular flexibility index (Phi) is 4.34. The zero-order valence-electron chi connectivity index (χ0n) is 12.7. The number of aryl methyl sites for hydroxylation is 2. The summed E-state index contributed by atoms with van der Waals surface area (Å²) in [4.78, 5) is 21.2. The maximum Gasteiger partial charge on any atom is 0.353 e. The highest BCUT2D eigenvalue weighted by Crippen LogP contribution is 2.22. The minimum Gasteiger partial charge on any atom is -0.422 e. The van der Waals surface area contributed by atoms with Gasteiger partial charge in [0.2, 0.25) is 5.95 Å². The predicted octanol–water partition coefficient (Wildman–Crippen LogP) is 4.12. The first-order valence-electron chi connectivity index (χ1n) is 7.05. The first-order valence-corrected chi connectivity index (χ1v) is 7.93. The van der Waals surface area contributed by atoms with Crippen molar-refractivity contribution in [1.82, 2.24) is 9.97 Å². The molecular weight excluding hydrogens is 310 g/mol. The van der Waals surface area contributed by atoms with E-state index in [0.717, 1.165) is 17.1 Å². The number of carbonyl (C=O) groups excluding carboxylic acids is 1. The van der Waals surface area contributed by atoms with E-state index in [4.69, 9.17) is 4.74 Å². The van der Waals surface area contributed by atoms with Crippen molar-refractivity contribution < 1.29 is 9.53 Å². The van der Waals surface area contributed by atoms with Gasteiger partial charge in [0, 0.05) is 23.1 Å². The molecule has 116 valence electrons. The highest BCUT2D eigenvalue weighted by Gasteiger charge is 2.10. The van der Waals surface area contributed by atoms with Gasteiger partial charge in [-0.1, -0.05) is 12.1 Å². The molecule has 0 aliphatic rings. The van der Waals surface area contributed by atoms with Crippen molar-refractivity contribution >= 4 is 28.9 Å². The summed E-state index contributed by atoms with van der Waals surface area (Å²) in [5.74, 6) is 0.627. The summed E-state index contributed by atoms with van der Waals surface area (Å²) < 4.78 is 5.38. The fraction of sp³-hybridized carbons (Fsp3) is 0.118. The number of carbonyl (C=O) groups is 1. The molecule has 0 unspecified atom stereocenters. The van der Waals surface area contributed by atoms with Crippen LogP contribution in [0.15, 0.2) is 47.8 Å². The third-order valence-electron chi connectivity index (χ3n) is 3.01. The molecular formula is C17H15N3O2S. The third-order valence-corrected chi connectivity index (χ3v) is 3.86. The summed E-state index contributed by atoms with van der Waals surface area (Å²) in [6.07, 6.45) is 0. The van der Waals surface area contributed by atoms with Gasteiger partial charge in [-0.05, 0) is 43.5 Å². The van der Waals surface area contributed by atoms with Crippen molar-refractivity contribution in [3.8, 4) is 5.75 Å². The van der Waals surface area contributed by atoms with Crippen LogP contribution in [0.1, 0.15) is 21.1 Å². The highest BCUT2D eigenvalue weighted by atomic mass is 32.1. The molecule has 0 aliphatic heterocycles. The minimum atomic E-state index is -0.361. The molecule has 1 aromatic carbocycles. The van der Waals surface area contributed by atoms with Gasteiger partial charge < -0.3 is 10.1 Å². The van der Waals surface area contributed by atoms with Gasteiger partial charge in [0.25, 0.3) is 0 Å². The average Bonchev–Trinajstić information content (AvgIpc) is 3.00. The fourth-order valence-corrected chi connectivity index (χ4v) is 2.70. The second-order valence-corrected chi connectivity index (χ2v) is 5.94. The molecule has 0 saturated carbocycles. The van der Waals surface area contributed by atoms with Crippen LogP contribution >= 0.6 is 11.3 Å². The molecule has 0 aliphatic carbocycles. The van der Waals surface area contributed by atoms with Crippen LogP contribution in [-0.4, -0.2) is 15.9 Å². The Morgan fingerprint density at radius 2 is 1.87 bits per heavy atom. The molecule has 23 heavy (non-hydrogen) atoms. The van der Waals surface area contributed by atoms with Crippen molar-refractivity contribution in [2.75, 3.05) is 5.32 Å². The van der Waals surface area contributed by atoms with E-state index in [-0.39, 0.29) is 5.97 Å². The second kappa shape index (κ2) is 6.58. The Bertz CT molecular complexity index is 811. The number of thiophene rings is 1. The zero-order valence-corrected chi connectivity index (χ0v) is 13.6. The van der Waals surface area contributed by atoms with E-state index in [1.54, 1.807) is 18.2 Å². The van der Waals surface area contributed by atoms with E-state index in [0.29, 0.717) is 16.6 Å². The molecule has 0 amide bonds. The maximum atomic E-state index is 12.0. The monoisotopic (exact) mass is 325 g/mol. The number of hydrogen-bond acceptors (Lipinski definition) is 6. The molecule has 0 atom stereocenters. The van der Waals surface area contributed by atoms with Gasteiger partial charge in [-0.3, -0.25) is 0 Å². The third kappa shape index (κ3) is 3.92. The number of esters is 1. The number of hydrogen-bond donors (Lipinski definition) is 1. The van der Waals surface area contributed by atoms with Crippen molar-refractivity contribution in [3.05, 3.63) is 64.1 Å².